The van der Waals surface area contributed by atoms with Crippen molar-refractivity contribution in [3.05, 3.63) is 12.2 Å². The Labute approximate surface area is 66.1 Å². The molecule has 0 bridgehead atoms. The molecule has 1 rings (SSSR count). The zero-order valence-electron chi connectivity index (χ0n) is 6.28. The number of rotatable bonds is 2. The standard InChI is InChI=1S/C8H11ClO/c1-5(2)8(3)4-6(8)7(9)10/h6H,1,4H2,2-3H3/t6-,8-/m0/s1. The molecule has 0 amide bonds. The molecule has 56 valence electrons. The van der Waals surface area contributed by atoms with Crippen LogP contribution in [0, 0.1) is 11.3 Å². The predicted molar refractivity (Wildman–Crippen MR) is 41.9 cm³/mol. The van der Waals surface area contributed by atoms with Crippen molar-refractivity contribution in [2.24, 2.45) is 11.3 Å². The first-order valence-corrected chi connectivity index (χ1v) is 3.71. The maximum Gasteiger partial charge on any atom is 0.225 e. The second-order valence-corrected chi connectivity index (χ2v) is 3.63. The SMILES string of the molecule is C=C(C)[C@]1(C)C[C@H]1C(=O)Cl. The normalized spacial score (nSPS) is 37.3. The molecule has 2 heteroatoms. The van der Waals surface area contributed by atoms with E-state index < -0.39 is 0 Å². The van der Waals surface area contributed by atoms with E-state index in [2.05, 4.69) is 6.58 Å². The molecule has 1 aliphatic carbocycles. The largest absolute Gasteiger partial charge is 0.281 e. The van der Waals surface area contributed by atoms with E-state index in [9.17, 15) is 4.79 Å². The van der Waals surface area contributed by atoms with Crippen LogP contribution < -0.4 is 0 Å². The minimum Gasteiger partial charge on any atom is -0.281 e. The Kier molecular flexibility index (Phi) is 1.63. The fraction of sp³-hybridized carbons (Fsp3) is 0.625. The van der Waals surface area contributed by atoms with Crippen LogP contribution in [-0.2, 0) is 4.79 Å². The van der Waals surface area contributed by atoms with Gasteiger partial charge in [-0.05, 0) is 30.4 Å². The van der Waals surface area contributed by atoms with Gasteiger partial charge in [-0.25, -0.2) is 0 Å². The average molecular weight is 159 g/mol. The van der Waals surface area contributed by atoms with Crippen LogP contribution in [-0.4, -0.2) is 5.24 Å². The Morgan fingerprint density at radius 2 is 2.30 bits per heavy atom. The summed E-state index contributed by atoms with van der Waals surface area (Å²) in [6.07, 6.45) is 0.880. The summed E-state index contributed by atoms with van der Waals surface area (Å²) in [6, 6.07) is 0. The highest BCUT2D eigenvalue weighted by atomic mass is 35.5. The minimum absolute atomic E-state index is 0.0127. The molecule has 1 saturated carbocycles. The van der Waals surface area contributed by atoms with Gasteiger partial charge in [0.15, 0.2) is 0 Å². The number of allylic oxidation sites excluding steroid dienone is 1. The lowest BCUT2D eigenvalue weighted by Gasteiger charge is -2.06. The van der Waals surface area contributed by atoms with E-state index in [1.807, 2.05) is 13.8 Å². The lowest BCUT2D eigenvalue weighted by molar-refractivity contribution is -0.113. The van der Waals surface area contributed by atoms with Crippen LogP contribution in [0.3, 0.4) is 0 Å². The van der Waals surface area contributed by atoms with Gasteiger partial charge in [-0.1, -0.05) is 19.1 Å². The molecule has 1 nitrogen and oxygen atoms in total. The highest BCUT2D eigenvalue weighted by Gasteiger charge is 2.54. The third-order valence-electron chi connectivity index (χ3n) is 2.49. The molecule has 0 aromatic rings. The van der Waals surface area contributed by atoms with Crippen LogP contribution in [0.25, 0.3) is 0 Å². The highest BCUT2D eigenvalue weighted by molar-refractivity contribution is 6.64. The topological polar surface area (TPSA) is 17.1 Å². The van der Waals surface area contributed by atoms with E-state index in [1.54, 1.807) is 0 Å². The summed E-state index contributed by atoms with van der Waals surface area (Å²) in [5.41, 5.74) is 1.07. The quantitative estimate of drug-likeness (QED) is 0.446. The molecule has 10 heavy (non-hydrogen) atoms. The van der Waals surface area contributed by atoms with E-state index in [1.165, 1.54) is 0 Å². The highest BCUT2D eigenvalue weighted by Crippen LogP contribution is 2.57. The van der Waals surface area contributed by atoms with E-state index in [-0.39, 0.29) is 16.6 Å². The van der Waals surface area contributed by atoms with Crippen molar-refractivity contribution in [1.82, 2.24) is 0 Å². The van der Waals surface area contributed by atoms with Gasteiger partial charge in [-0.15, -0.1) is 0 Å². The number of carbonyl (C=O) groups is 1. The molecular weight excluding hydrogens is 148 g/mol. The molecule has 0 aromatic carbocycles. The molecule has 0 saturated heterocycles. The fourth-order valence-electron chi connectivity index (χ4n) is 1.17. The smallest absolute Gasteiger partial charge is 0.225 e. The molecule has 0 radical (unpaired) electrons. The number of hydrogen-bond acceptors (Lipinski definition) is 1. The Morgan fingerprint density at radius 1 is 1.80 bits per heavy atom. The van der Waals surface area contributed by atoms with Gasteiger partial charge >= 0.3 is 0 Å². The Morgan fingerprint density at radius 3 is 2.40 bits per heavy atom. The van der Waals surface area contributed by atoms with Crippen molar-refractivity contribution in [1.29, 1.82) is 0 Å². The lowest BCUT2D eigenvalue weighted by atomic mass is 9.99. The molecule has 0 unspecified atom stereocenters. The Hall–Kier alpha value is -0.300. The maximum atomic E-state index is 10.7. The molecule has 0 aromatic heterocycles. The molecule has 2 atom stereocenters. The number of hydrogen-bond donors (Lipinski definition) is 0. The van der Waals surface area contributed by atoms with E-state index >= 15 is 0 Å². The van der Waals surface area contributed by atoms with Crippen LogP contribution in [0.4, 0.5) is 0 Å². The van der Waals surface area contributed by atoms with Crippen molar-refractivity contribution < 1.29 is 4.79 Å². The van der Waals surface area contributed by atoms with Crippen molar-refractivity contribution >= 4 is 16.8 Å². The summed E-state index contributed by atoms with van der Waals surface area (Å²) in [4.78, 5) is 10.7. The molecular formula is C8H11ClO. The molecule has 0 N–H and O–H groups in total. The summed E-state index contributed by atoms with van der Waals surface area (Å²) < 4.78 is 0. The summed E-state index contributed by atoms with van der Waals surface area (Å²) >= 11 is 5.32. The summed E-state index contributed by atoms with van der Waals surface area (Å²) in [6.45, 7) is 7.78. The lowest BCUT2D eigenvalue weighted by Crippen LogP contribution is -2.03. The van der Waals surface area contributed by atoms with E-state index in [0.717, 1.165) is 12.0 Å². The first-order valence-electron chi connectivity index (χ1n) is 3.34. The van der Waals surface area contributed by atoms with Crippen molar-refractivity contribution in [2.45, 2.75) is 20.3 Å². The van der Waals surface area contributed by atoms with Gasteiger partial charge in [0, 0.05) is 5.92 Å². The minimum atomic E-state index is -0.217. The monoisotopic (exact) mass is 158 g/mol. The average Bonchev–Trinajstić information content (AvgIpc) is 2.43. The molecule has 1 fully saturated rings. The van der Waals surface area contributed by atoms with Crippen LogP contribution in [0.2, 0.25) is 0 Å². The molecule has 1 aliphatic rings. The zero-order valence-corrected chi connectivity index (χ0v) is 7.03. The van der Waals surface area contributed by atoms with Gasteiger partial charge in [-0.2, -0.15) is 0 Å². The van der Waals surface area contributed by atoms with Gasteiger partial charge in [0.25, 0.3) is 0 Å². The number of carbonyl (C=O) groups excluding carboxylic acids is 1. The van der Waals surface area contributed by atoms with E-state index in [4.69, 9.17) is 11.6 Å². The zero-order chi connectivity index (χ0) is 7.94. The van der Waals surface area contributed by atoms with E-state index in [0.29, 0.717) is 0 Å². The van der Waals surface area contributed by atoms with Crippen LogP contribution in [0.1, 0.15) is 20.3 Å². The molecule has 0 spiro atoms. The summed E-state index contributed by atoms with van der Waals surface area (Å²) in [5.74, 6) is 0.0340. The van der Waals surface area contributed by atoms with Gasteiger partial charge in [0.05, 0.1) is 0 Å². The van der Waals surface area contributed by atoms with Crippen molar-refractivity contribution in [2.75, 3.05) is 0 Å². The van der Waals surface area contributed by atoms with Crippen molar-refractivity contribution in [3.8, 4) is 0 Å². The fourth-order valence-corrected chi connectivity index (χ4v) is 1.49. The van der Waals surface area contributed by atoms with Gasteiger partial charge in [-0.3, -0.25) is 4.79 Å². The predicted octanol–water partition coefficient (Wildman–Crippen LogP) is 2.35. The van der Waals surface area contributed by atoms with Crippen LogP contribution in [0.15, 0.2) is 12.2 Å². The third kappa shape index (κ3) is 0.988. The molecule has 0 heterocycles. The first-order chi connectivity index (χ1) is 4.48. The number of halogens is 1. The van der Waals surface area contributed by atoms with Crippen LogP contribution >= 0.6 is 11.6 Å². The molecule has 0 aliphatic heterocycles. The first kappa shape index (κ1) is 7.80. The van der Waals surface area contributed by atoms with Gasteiger partial charge < -0.3 is 0 Å². The summed E-state index contributed by atoms with van der Waals surface area (Å²) in [7, 11) is 0. The third-order valence-corrected chi connectivity index (χ3v) is 2.75. The summed E-state index contributed by atoms with van der Waals surface area (Å²) in [5, 5.41) is -0.217. The maximum absolute atomic E-state index is 10.7. The van der Waals surface area contributed by atoms with Gasteiger partial charge in [0.2, 0.25) is 5.24 Å². The second-order valence-electron chi connectivity index (χ2n) is 3.26. The Bertz CT molecular complexity index is 197. The van der Waals surface area contributed by atoms with Crippen molar-refractivity contribution in [3.63, 3.8) is 0 Å². The Balaban J connectivity index is 2.65. The van der Waals surface area contributed by atoms with Gasteiger partial charge in [0.1, 0.15) is 0 Å². The van der Waals surface area contributed by atoms with Crippen LogP contribution in [0.5, 0.6) is 0 Å². The second kappa shape index (κ2) is 2.09.